The Morgan fingerprint density at radius 1 is 1.21 bits per heavy atom. The van der Waals surface area contributed by atoms with E-state index in [-0.39, 0.29) is 18.4 Å². The van der Waals surface area contributed by atoms with Gasteiger partial charge in [0.15, 0.2) is 5.82 Å². The largest absolute Gasteiger partial charge is 0.467 e. The number of aromatic nitrogens is 3. The van der Waals surface area contributed by atoms with Crippen LogP contribution >= 0.6 is 0 Å². The molecule has 0 aromatic carbocycles. The lowest BCUT2D eigenvalue weighted by atomic mass is 10.4. The van der Waals surface area contributed by atoms with Gasteiger partial charge in [0, 0.05) is 13.1 Å². The van der Waals surface area contributed by atoms with Crippen molar-refractivity contribution in [1.82, 2.24) is 19.7 Å². The zero-order valence-electron chi connectivity index (χ0n) is 13.0. The van der Waals surface area contributed by atoms with Gasteiger partial charge in [0.25, 0.3) is 0 Å². The Balaban J connectivity index is 2.04. The van der Waals surface area contributed by atoms with E-state index < -0.39 is 28.4 Å². The van der Waals surface area contributed by atoms with Gasteiger partial charge in [-0.3, -0.25) is 0 Å². The third-order valence-corrected chi connectivity index (χ3v) is 4.65. The highest BCUT2D eigenvalue weighted by atomic mass is 32.2. The van der Waals surface area contributed by atoms with E-state index in [4.69, 9.17) is 4.74 Å². The van der Waals surface area contributed by atoms with E-state index in [1.165, 1.54) is 7.11 Å². The lowest BCUT2D eigenvalue weighted by Crippen LogP contribution is -2.30. The summed E-state index contributed by atoms with van der Waals surface area (Å²) in [7, 11) is -2.73. The highest BCUT2D eigenvalue weighted by molar-refractivity contribution is 7.89. The topological polar surface area (TPSA) is 97.3 Å². The molecule has 1 N–H and O–H groups in total. The number of ether oxygens (including phenoxy) is 1. The van der Waals surface area contributed by atoms with E-state index >= 15 is 0 Å². The molecule has 0 amide bonds. The first-order valence-corrected chi connectivity index (χ1v) is 8.92. The molecule has 1 fully saturated rings. The first-order chi connectivity index (χ1) is 11.2. The second-order valence-corrected chi connectivity index (χ2v) is 7.16. The fraction of sp³-hybridized carbons (Fsp3) is 0.750. The molecule has 8 nitrogen and oxygen atoms in total. The molecular weight excluding hydrogens is 351 g/mol. The minimum atomic E-state index is -4.53. The van der Waals surface area contributed by atoms with E-state index in [0.717, 1.165) is 25.9 Å². The first kappa shape index (κ1) is 18.6. The Kier molecular flexibility index (Phi) is 5.80. The fourth-order valence-electron chi connectivity index (χ4n) is 2.11. The highest BCUT2D eigenvalue weighted by Crippen LogP contribution is 2.20. The van der Waals surface area contributed by atoms with Crippen LogP contribution in [0, 0.1) is 0 Å². The molecule has 0 atom stereocenters. The van der Waals surface area contributed by atoms with Gasteiger partial charge in [0.2, 0.25) is 16.0 Å². The number of alkyl halides is 3. The molecule has 12 heteroatoms. The molecule has 2 heterocycles. The minimum Gasteiger partial charge on any atom is -0.467 e. The molecule has 0 spiro atoms. The molecule has 0 aliphatic carbocycles. The van der Waals surface area contributed by atoms with E-state index in [1.807, 2.05) is 4.90 Å². The molecule has 1 saturated heterocycles. The predicted octanol–water partition coefficient (Wildman–Crippen LogP) is 0.852. The first-order valence-electron chi connectivity index (χ1n) is 7.26. The Morgan fingerprint density at radius 3 is 2.46 bits per heavy atom. The summed E-state index contributed by atoms with van der Waals surface area (Å²) in [6.07, 6.45) is -3.96. The van der Waals surface area contributed by atoms with Crippen molar-refractivity contribution >= 4 is 16.0 Å². The number of nitrogens with zero attached hydrogens (tertiary/aromatic N) is 4. The SMILES string of the molecule is COc1nc(CNS(=O)(=O)CCC(F)(F)F)nc(N2CCCC2)n1. The van der Waals surface area contributed by atoms with Crippen LogP contribution in [0.15, 0.2) is 0 Å². The number of nitrogens with one attached hydrogen (secondary N) is 1. The molecule has 0 radical (unpaired) electrons. The van der Waals surface area contributed by atoms with E-state index in [2.05, 4.69) is 19.7 Å². The molecule has 1 aliphatic heterocycles. The van der Waals surface area contributed by atoms with Gasteiger partial charge >= 0.3 is 12.2 Å². The average Bonchev–Trinajstić information content (AvgIpc) is 3.05. The number of rotatable bonds is 7. The van der Waals surface area contributed by atoms with Gasteiger partial charge in [-0.15, -0.1) is 0 Å². The van der Waals surface area contributed by atoms with Crippen LogP contribution in [0.4, 0.5) is 19.1 Å². The van der Waals surface area contributed by atoms with E-state index in [9.17, 15) is 21.6 Å². The number of halogens is 3. The number of methoxy groups -OCH3 is 1. The second-order valence-electron chi connectivity index (χ2n) is 5.24. The molecule has 24 heavy (non-hydrogen) atoms. The van der Waals surface area contributed by atoms with Gasteiger partial charge in [-0.1, -0.05) is 0 Å². The number of sulfonamides is 1. The fourth-order valence-corrected chi connectivity index (χ4v) is 3.11. The summed E-state index contributed by atoms with van der Waals surface area (Å²) in [6, 6.07) is 0.0244. The molecule has 0 bridgehead atoms. The number of hydrogen-bond acceptors (Lipinski definition) is 7. The van der Waals surface area contributed by atoms with E-state index in [0.29, 0.717) is 5.95 Å². The lowest BCUT2D eigenvalue weighted by molar-refractivity contribution is -0.129. The van der Waals surface area contributed by atoms with Crippen molar-refractivity contribution in [3.05, 3.63) is 5.82 Å². The Bertz CT molecular complexity index is 662. The minimum absolute atomic E-state index is 0.0244. The van der Waals surface area contributed by atoms with Crippen molar-refractivity contribution in [3.8, 4) is 6.01 Å². The quantitative estimate of drug-likeness (QED) is 0.761. The zero-order chi connectivity index (χ0) is 17.8. The normalized spacial score (nSPS) is 15.8. The maximum absolute atomic E-state index is 12.1. The molecule has 1 aromatic rings. The number of anilines is 1. The van der Waals surface area contributed by atoms with Gasteiger partial charge in [0.1, 0.15) is 0 Å². The summed E-state index contributed by atoms with van der Waals surface area (Å²) in [5.41, 5.74) is 0. The Hall–Kier alpha value is -1.69. The van der Waals surface area contributed by atoms with E-state index in [1.54, 1.807) is 0 Å². The maximum Gasteiger partial charge on any atom is 0.390 e. The zero-order valence-corrected chi connectivity index (χ0v) is 13.8. The molecule has 0 unspecified atom stereocenters. The van der Waals surface area contributed by atoms with Gasteiger partial charge < -0.3 is 9.64 Å². The van der Waals surface area contributed by atoms with Crippen molar-refractivity contribution in [1.29, 1.82) is 0 Å². The van der Waals surface area contributed by atoms with Crippen molar-refractivity contribution < 1.29 is 26.3 Å². The van der Waals surface area contributed by atoms with Gasteiger partial charge in [0.05, 0.1) is 25.8 Å². The summed E-state index contributed by atoms with van der Waals surface area (Å²) in [4.78, 5) is 14.1. The van der Waals surface area contributed by atoms with Crippen LogP contribution in [0.1, 0.15) is 25.1 Å². The highest BCUT2D eigenvalue weighted by Gasteiger charge is 2.30. The summed E-state index contributed by atoms with van der Waals surface area (Å²) >= 11 is 0. The van der Waals surface area contributed by atoms with Crippen LogP contribution in [0.5, 0.6) is 6.01 Å². The molecule has 136 valence electrons. The molecule has 2 rings (SSSR count). The Morgan fingerprint density at radius 2 is 1.88 bits per heavy atom. The second kappa shape index (κ2) is 7.47. The van der Waals surface area contributed by atoms with Crippen LogP contribution in [-0.4, -0.2) is 55.5 Å². The van der Waals surface area contributed by atoms with Crippen LogP contribution in [-0.2, 0) is 16.6 Å². The van der Waals surface area contributed by atoms with Crippen LogP contribution < -0.4 is 14.4 Å². The monoisotopic (exact) mass is 369 g/mol. The van der Waals surface area contributed by atoms with Gasteiger partial charge in [-0.2, -0.15) is 28.1 Å². The van der Waals surface area contributed by atoms with Crippen molar-refractivity contribution in [2.75, 3.05) is 30.9 Å². The third-order valence-electron chi connectivity index (χ3n) is 3.33. The molecular formula is C12H18F3N5O3S. The summed E-state index contributed by atoms with van der Waals surface area (Å²) in [5, 5.41) is 0. The predicted molar refractivity (Wildman–Crippen MR) is 79.1 cm³/mol. The standard InChI is InChI=1S/C12H18F3N5O3S/c1-23-11-18-9(17-10(19-11)20-5-2-3-6-20)8-16-24(21,22)7-4-12(13,14)15/h16H,2-8H2,1H3. The van der Waals surface area contributed by atoms with Crippen molar-refractivity contribution in [2.45, 2.75) is 32.0 Å². The van der Waals surface area contributed by atoms with Crippen molar-refractivity contribution in [3.63, 3.8) is 0 Å². The third kappa shape index (κ3) is 5.74. The van der Waals surface area contributed by atoms with Gasteiger partial charge in [-0.05, 0) is 12.8 Å². The Labute approximate surface area is 137 Å². The maximum atomic E-state index is 12.1. The molecule has 1 aliphatic rings. The summed E-state index contributed by atoms with van der Waals surface area (Å²) in [5.74, 6) is -0.597. The number of hydrogen-bond donors (Lipinski definition) is 1. The summed E-state index contributed by atoms with van der Waals surface area (Å²) < 4.78 is 66.7. The average molecular weight is 369 g/mol. The summed E-state index contributed by atoms with van der Waals surface area (Å²) in [6.45, 7) is 1.20. The van der Waals surface area contributed by atoms with Crippen LogP contribution in [0.2, 0.25) is 0 Å². The van der Waals surface area contributed by atoms with Crippen LogP contribution in [0.25, 0.3) is 0 Å². The van der Waals surface area contributed by atoms with Gasteiger partial charge in [-0.25, -0.2) is 13.1 Å². The molecule has 0 saturated carbocycles. The lowest BCUT2D eigenvalue weighted by Gasteiger charge is -2.16. The molecule has 1 aromatic heterocycles. The van der Waals surface area contributed by atoms with Crippen molar-refractivity contribution in [2.24, 2.45) is 0 Å². The van der Waals surface area contributed by atoms with Crippen LogP contribution in [0.3, 0.4) is 0 Å². The smallest absolute Gasteiger partial charge is 0.390 e.